The predicted molar refractivity (Wildman–Crippen MR) is 80.5 cm³/mol. The number of hydrogen-bond donors (Lipinski definition) is 2. The van der Waals surface area contributed by atoms with Gasteiger partial charge in [0, 0.05) is 17.6 Å². The van der Waals surface area contributed by atoms with E-state index in [-0.39, 0.29) is 0 Å². The molecule has 5 nitrogen and oxygen atoms in total. The van der Waals surface area contributed by atoms with Crippen LogP contribution in [0.5, 0.6) is 0 Å². The van der Waals surface area contributed by atoms with Crippen LogP contribution in [0, 0.1) is 6.92 Å². The minimum absolute atomic E-state index is 0.392. The number of aromatic nitrogens is 1. The van der Waals surface area contributed by atoms with E-state index in [0.29, 0.717) is 5.69 Å². The highest BCUT2D eigenvalue weighted by atomic mass is 32.1. The second kappa shape index (κ2) is 6.02. The van der Waals surface area contributed by atoms with Crippen molar-refractivity contribution < 1.29 is 9.90 Å². The molecule has 20 heavy (non-hydrogen) atoms. The van der Waals surface area contributed by atoms with Gasteiger partial charge >= 0.3 is 5.97 Å². The molecule has 0 aliphatic carbocycles. The first kappa shape index (κ1) is 14.5. The first-order valence-corrected chi connectivity index (χ1v) is 7.19. The lowest BCUT2D eigenvalue weighted by atomic mass is 10.2. The zero-order valence-corrected chi connectivity index (χ0v) is 12.2. The van der Waals surface area contributed by atoms with Gasteiger partial charge in [0.1, 0.15) is 6.04 Å². The van der Waals surface area contributed by atoms with E-state index in [4.69, 9.17) is 10.8 Å². The average Bonchev–Trinajstić information content (AvgIpc) is 2.90. The minimum atomic E-state index is -1.07. The number of nitrogens with zero attached hydrogens (tertiary/aromatic N) is 2. The van der Waals surface area contributed by atoms with Gasteiger partial charge in [-0.2, -0.15) is 0 Å². The Balaban J connectivity index is 2.28. The van der Waals surface area contributed by atoms with E-state index < -0.39 is 12.0 Å². The molecule has 0 radical (unpaired) electrons. The average molecular weight is 291 g/mol. The van der Waals surface area contributed by atoms with Gasteiger partial charge in [0.05, 0.1) is 5.69 Å². The van der Waals surface area contributed by atoms with E-state index in [9.17, 15) is 4.79 Å². The molecule has 0 saturated heterocycles. The number of aliphatic carboxylic acids is 1. The maximum Gasteiger partial charge on any atom is 0.326 e. The normalized spacial score (nSPS) is 12.2. The van der Waals surface area contributed by atoms with Crippen LogP contribution in [-0.4, -0.2) is 22.6 Å². The summed E-state index contributed by atoms with van der Waals surface area (Å²) in [5.74, 6) is -1.07. The molecule has 0 spiro atoms. The third-order valence-electron chi connectivity index (χ3n) is 2.99. The Labute approximate surface area is 121 Å². The van der Waals surface area contributed by atoms with Crippen molar-refractivity contribution in [1.82, 2.24) is 4.98 Å². The highest BCUT2D eigenvalue weighted by molar-refractivity contribution is 7.13. The van der Waals surface area contributed by atoms with Gasteiger partial charge in [0.25, 0.3) is 0 Å². The van der Waals surface area contributed by atoms with Crippen molar-refractivity contribution in [2.75, 3.05) is 11.4 Å². The Kier molecular flexibility index (Phi) is 4.36. The van der Waals surface area contributed by atoms with Crippen LogP contribution in [0.25, 0.3) is 0 Å². The zero-order valence-electron chi connectivity index (χ0n) is 11.4. The van der Waals surface area contributed by atoms with E-state index in [0.717, 1.165) is 17.4 Å². The first-order chi connectivity index (χ1) is 9.52. The molecule has 2 aromatic rings. The summed E-state index contributed by atoms with van der Waals surface area (Å²) in [6.07, 6.45) is 0. The van der Waals surface area contributed by atoms with Crippen LogP contribution in [0.15, 0.2) is 29.6 Å². The smallest absolute Gasteiger partial charge is 0.326 e. The molecule has 1 heterocycles. The number of carbonyl (C=O) groups is 1. The largest absolute Gasteiger partial charge is 0.480 e. The number of thiazole rings is 1. The third kappa shape index (κ3) is 2.97. The summed E-state index contributed by atoms with van der Waals surface area (Å²) in [5.41, 5.74) is 8.19. The van der Waals surface area contributed by atoms with Gasteiger partial charge in [-0.15, -0.1) is 11.3 Å². The van der Waals surface area contributed by atoms with Crippen LogP contribution in [0.3, 0.4) is 0 Å². The summed E-state index contributed by atoms with van der Waals surface area (Å²) in [6.45, 7) is 4.81. The molecule has 0 amide bonds. The number of nitrogens with two attached hydrogens (primary N) is 1. The van der Waals surface area contributed by atoms with E-state index >= 15 is 0 Å². The monoisotopic (exact) mass is 291 g/mol. The molecule has 0 bridgehead atoms. The number of aryl methyl sites for hydroxylation is 1. The van der Waals surface area contributed by atoms with Gasteiger partial charge < -0.3 is 15.7 Å². The number of carboxylic acid groups (broad SMARTS) is 1. The van der Waals surface area contributed by atoms with E-state index in [1.807, 2.05) is 43.0 Å². The molecule has 1 aromatic heterocycles. The van der Waals surface area contributed by atoms with Crippen LogP contribution < -0.4 is 10.6 Å². The minimum Gasteiger partial charge on any atom is -0.480 e. The highest BCUT2D eigenvalue weighted by Crippen LogP contribution is 2.29. The molecule has 1 atom stereocenters. The van der Waals surface area contributed by atoms with Crippen molar-refractivity contribution in [2.45, 2.75) is 19.9 Å². The molecule has 0 aliphatic heterocycles. The number of rotatable bonds is 5. The summed E-state index contributed by atoms with van der Waals surface area (Å²) in [7, 11) is 0. The fraction of sp³-hybridized carbons (Fsp3) is 0.286. The van der Waals surface area contributed by atoms with Gasteiger partial charge in [-0.3, -0.25) is 4.79 Å². The number of benzene rings is 1. The van der Waals surface area contributed by atoms with E-state index in [1.165, 1.54) is 16.9 Å². The number of anilines is 2. The van der Waals surface area contributed by atoms with Crippen LogP contribution in [0.4, 0.5) is 10.8 Å². The molecule has 0 saturated carbocycles. The molecule has 6 heteroatoms. The fourth-order valence-corrected chi connectivity index (χ4v) is 2.77. The molecule has 3 N–H and O–H groups in total. The van der Waals surface area contributed by atoms with Crippen molar-refractivity contribution in [3.63, 3.8) is 0 Å². The molecular weight excluding hydrogens is 274 g/mol. The fourth-order valence-electron chi connectivity index (χ4n) is 1.82. The molecule has 2 rings (SSSR count). The Hall–Kier alpha value is -1.92. The summed E-state index contributed by atoms with van der Waals surface area (Å²) in [6, 6.07) is 7.05. The molecule has 0 aliphatic rings. The number of carboxylic acids is 1. The second-order valence-corrected chi connectivity index (χ2v) is 5.29. The first-order valence-electron chi connectivity index (χ1n) is 6.31. The Morgan fingerprint density at radius 1 is 1.45 bits per heavy atom. The van der Waals surface area contributed by atoms with Crippen molar-refractivity contribution in [2.24, 2.45) is 5.73 Å². The van der Waals surface area contributed by atoms with Gasteiger partial charge in [0.15, 0.2) is 5.13 Å². The Bertz CT molecular complexity index is 595. The highest BCUT2D eigenvalue weighted by Gasteiger charge is 2.19. The number of hydrogen-bond acceptors (Lipinski definition) is 5. The topological polar surface area (TPSA) is 79.5 Å². The van der Waals surface area contributed by atoms with E-state index in [2.05, 4.69) is 4.98 Å². The summed E-state index contributed by atoms with van der Waals surface area (Å²) in [4.78, 5) is 17.3. The summed E-state index contributed by atoms with van der Waals surface area (Å²) < 4.78 is 0. The molecular formula is C14H17N3O2S. The predicted octanol–water partition coefficient (Wildman–Crippen LogP) is 2.69. The lowest BCUT2D eigenvalue weighted by Gasteiger charge is -2.20. The van der Waals surface area contributed by atoms with Gasteiger partial charge in [-0.05, 0) is 26.0 Å². The maximum absolute atomic E-state index is 10.9. The van der Waals surface area contributed by atoms with Crippen molar-refractivity contribution in [3.05, 3.63) is 40.9 Å². The van der Waals surface area contributed by atoms with Crippen molar-refractivity contribution in [3.8, 4) is 0 Å². The maximum atomic E-state index is 10.9. The second-order valence-electron chi connectivity index (χ2n) is 4.45. The Morgan fingerprint density at radius 2 is 2.10 bits per heavy atom. The van der Waals surface area contributed by atoms with Crippen LogP contribution >= 0.6 is 11.3 Å². The van der Waals surface area contributed by atoms with Crippen LogP contribution in [-0.2, 0) is 4.79 Å². The molecule has 106 valence electrons. The van der Waals surface area contributed by atoms with Crippen LogP contribution in [0.1, 0.15) is 24.2 Å². The summed E-state index contributed by atoms with van der Waals surface area (Å²) >= 11 is 1.40. The van der Waals surface area contributed by atoms with Gasteiger partial charge in [-0.1, -0.05) is 17.7 Å². The van der Waals surface area contributed by atoms with Crippen molar-refractivity contribution in [1.29, 1.82) is 0 Å². The SMILES string of the molecule is CCN(c1ccc(C)cc1)c1nc(C(N)C(=O)O)cs1. The molecule has 1 aromatic carbocycles. The van der Waals surface area contributed by atoms with E-state index in [1.54, 1.807) is 5.38 Å². The third-order valence-corrected chi connectivity index (χ3v) is 3.87. The molecule has 1 unspecified atom stereocenters. The standard InChI is InChI=1S/C14H17N3O2S/c1-3-17(10-6-4-9(2)5-7-10)14-16-11(8-20-14)12(15)13(18)19/h4-8,12H,3,15H2,1-2H3,(H,18,19). The van der Waals surface area contributed by atoms with Gasteiger partial charge in [0.2, 0.25) is 0 Å². The lowest BCUT2D eigenvalue weighted by molar-refractivity contribution is -0.138. The Morgan fingerprint density at radius 3 is 2.65 bits per heavy atom. The molecule has 0 fully saturated rings. The quantitative estimate of drug-likeness (QED) is 0.885. The van der Waals surface area contributed by atoms with Gasteiger partial charge in [-0.25, -0.2) is 4.98 Å². The lowest BCUT2D eigenvalue weighted by Crippen LogP contribution is -2.21. The summed E-state index contributed by atoms with van der Waals surface area (Å²) in [5, 5.41) is 11.4. The zero-order chi connectivity index (χ0) is 14.7. The van der Waals surface area contributed by atoms with Crippen LogP contribution in [0.2, 0.25) is 0 Å². The van der Waals surface area contributed by atoms with Crippen molar-refractivity contribution >= 4 is 28.1 Å².